The van der Waals surface area contributed by atoms with Gasteiger partial charge in [-0.1, -0.05) is 0 Å². The molecule has 1 amide bonds. The van der Waals surface area contributed by atoms with Crippen molar-refractivity contribution in [2.45, 2.75) is 25.9 Å². The van der Waals surface area contributed by atoms with Crippen LogP contribution in [0, 0.1) is 0 Å². The molecule has 0 atom stereocenters. The third kappa shape index (κ3) is 3.85. The van der Waals surface area contributed by atoms with E-state index in [-0.39, 0.29) is 5.91 Å². The zero-order chi connectivity index (χ0) is 16.1. The van der Waals surface area contributed by atoms with Gasteiger partial charge < -0.3 is 15.0 Å². The summed E-state index contributed by atoms with van der Waals surface area (Å²) in [5.74, 6) is 0.823. The molecular weight excluding hydrogens is 296 g/mol. The number of ether oxygens (including phenoxy) is 1. The average molecular weight is 314 g/mol. The molecule has 0 spiro atoms. The van der Waals surface area contributed by atoms with Gasteiger partial charge in [-0.2, -0.15) is 0 Å². The van der Waals surface area contributed by atoms with Crippen LogP contribution >= 0.6 is 0 Å². The van der Waals surface area contributed by atoms with Crippen molar-refractivity contribution in [3.8, 4) is 5.75 Å². The molecule has 0 aliphatic rings. The third-order valence-corrected chi connectivity index (χ3v) is 3.54. The molecule has 8 nitrogen and oxygen atoms in total. The van der Waals surface area contributed by atoms with Crippen LogP contribution in [0.15, 0.2) is 30.6 Å². The van der Waals surface area contributed by atoms with E-state index in [9.17, 15) is 4.79 Å². The van der Waals surface area contributed by atoms with Crippen LogP contribution in [0.1, 0.15) is 18.5 Å². The van der Waals surface area contributed by atoms with E-state index < -0.39 is 0 Å². The lowest BCUT2D eigenvalue weighted by molar-refractivity contribution is -0.121. The van der Waals surface area contributed by atoms with Crippen molar-refractivity contribution in [3.63, 3.8) is 0 Å². The highest BCUT2D eigenvalue weighted by atomic mass is 16.5. The second kappa shape index (κ2) is 6.91. The number of aromatic amines is 1. The first kappa shape index (κ1) is 15.0. The number of H-pyrrole nitrogens is 1. The second-order valence-electron chi connectivity index (χ2n) is 5.20. The molecule has 3 aromatic rings. The number of benzene rings is 1. The molecule has 0 saturated carbocycles. The van der Waals surface area contributed by atoms with Gasteiger partial charge in [0.2, 0.25) is 5.91 Å². The van der Waals surface area contributed by atoms with E-state index in [0.717, 1.165) is 22.3 Å². The highest BCUT2D eigenvalue weighted by molar-refractivity contribution is 5.82. The average Bonchev–Trinajstić information content (AvgIpc) is 3.21. The molecular formula is C15H18N6O2. The summed E-state index contributed by atoms with van der Waals surface area (Å²) in [7, 11) is 1.64. The highest BCUT2D eigenvalue weighted by Crippen LogP contribution is 2.21. The van der Waals surface area contributed by atoms with E-state index >= 15 is 0 Å². The molecule has 0 saturated heterocycles. The zero-order valence-corrected chi connectivity index (χ0v) is 12.8. The van der Waals surface area contributed by atoms with Gasteiger partial charge in [-0.05, 0) is 41.1 Å². The van der Waals surface area contributed by atoms with E-state index in [1.165, 1.54) is 6.33 Å². The van der Waals surface area contributed by atoms with E-state index in [1.807, 2.05) is 24.3 Å². The number of hydrogen-bond donors (Lipinski definition) is 2. The molecule has 0 radical (unpaired) electrons. The van der Waals surface area contributed by atoms with Crippen molar-refractivity contribution in [2.24, 2.45) is 0 Å². The lowest BCUT2D eigenvalue weighted by atomic mass is 10.2. The SMILES string of the molecule is COc1ccc2[nH]c(CNC(=O)CCCn3cnnn3)cc2c1. The van der Waals surface area contributed by atoms with Crippen LogP contribution < -0.4 is 10.1 Å². The predicted octanol–water partition coefficient (Wildman–Crippen LogP) is 1.26. The Morgan fingerprint density at radius 2 is 2.30 bits per heavy atom. The van der Waals surface area contributed by atoms with Crippen molar-refractivity contribution in [1.29, 1.82) is 0 Å². The summed E-state index contributed by atoms with van der Waals surface area (Å²) >= 11 is 0. The molecule has 120 valence electrons. The monoisotopic (exact) mass is 314 g/mol. The summed E-state index contributed by atoms with van der Waals surface area (Å²) in [5, 5.41) is 14.8. The van der Waals surface area contributed by atoms with E-state index in [1.54, 1.807) is 11.8 Å². The topological polar surface area (TPSA) is 97.7 Å². The van der Waals surface area contributed by atoms with Crippen LogP contribution in [0.5, 0.6) is 5.75 Å². The summed E-state index contributed by atoms with van der Waals surface area (Å²) in [5.41, 5.74) is 1.98. The fourth-order valence-corrected chi connectivity index (χ4v) is 2.36. The number of amides is 1. The van der Waals surface area contributed by atoms with Crippen LogP contribution in [-0.2, 0) is 17.9 Å². The van der Waals surface area contributed by atoms with Crippen LogP contribution in [0.3, 0.4) is 0 Å². The minimum absolute atomic E-state index is 0.00862. The van der Waals surface area contributed by atoms with Crippen molar-refractivity contribution in [1.82, 2.24) is 30.5 Å². The Bertz CT molecular complexity index is 780. The zero-order valence-electron chi connectivity index (χ0n) is 12.8. The number of carbonyl (C=O) groups is 1. The van der Waals surface area contributed by atoms with E-state index in [2.05, 4.69) is 25.8 Å². The molecule has 2 N–H and O–H groups in total. The molecule has 0 aliphatic carbocycles. The summed E-state index contributed by atoms with van der Waals surface area (Å²) in [4.78, 5) is 15.1. The molecule has 0 fully saturated rings. The quantitative estimate of drug-likeness (QED) is 0.684. The number of fused-ring (bicyclic) bond motifs is 1. The summed E-state index contributed by atoms with van der Waals surface area (Å²) in [6.07, 6.45) is 2.67. The number of aryl methyl sites for hydroxylation is 1. The smallest absolute Gasteiger partial charge is 0.220 e. The summed E-state index contributed by atoms with van der Waals surface area (Å²) in [6.45, 7) is 1.10. The third-order valence-electron chi connectivity index (χ3n) is 3.54. The molecule has 2 heterocycles. The fourth-order valence-electron chi connectivity index (χ4n) is 2.36. The van der Waals surface area contributed by atoms with Crippen molar-refractivity contribution >= 4 is 16.8 Å². The molecule has 23 heavy (non-hydrogen) atoms. The van der Waals surface area contributed by atoms with Gasteiger partial charge in [-0.15, -0.1) is 5.10 Å². The van der Waals surface area contributed by atoms with Crippen molar-refractivity contribution in [3.05, 3.63) is 36.3 Å². The van der Waals surface area contributed by atoms with Gasteiger partial charge in [0.1, 0.15) is 12.1 Å². The maximum Gasteiger partial charge on any atom is 0.220 e. The highest BCUT2D eigenvalue weighted by Gasteiger charge is 2.05. The Labute approximate surface area is 132 Å². The van der Waals surface area contributed by atoms with Crippen LogP contribution in [0.2, 0.25) is 0 Å². The van der Waals surface area contributed by atoms with Crippen LogP contribution in [0.25, 0.3) is 10.9 Å². The number of rotatable bonds is 7. The maximum absolute atomic E-state index is 11.9. The Morgan fingerprint density at radius 1 is 1.39 bits per heavy atom. The minimum atomic E-state index is 0.00862. The Morgan fingerprint density at radius 3 is 3.09 bits per heavy atom. The normalized spacial score (nSPS) is 10.8. The number of carbonyl (C=O) groups excluding carboxylic acids is 1. The van der Waals surface area contributed by atoms with Gasteiger partial charge in [0, 0.05) is 29.6 Å². The molecule has 8 heteroatoms. The van der Waals surface area contributed by atoms with Gasteiger partial charge in [-0.3, -0.25) is 4.79 Å². The first-order valence-electron chi connectivity index (χ1n) is 7.38. The fraction of sp³-hybridized carbons (Fsp3) is 0.333. The summed E-state index contributed by atoms with van der Waals surface area (Å²) in [6, 6.07) is 7.84. The molecule has 3 rings (SSSR count). The minimum Gasteiger partial charge on any atom is -0.497 e. The van der Waals surface area contributed by atoms with Gasteiger partial charge in [0.15, 0.2) is 0 Å². The maximum atomic E-state index is 11.9. The van der Waals surface area contributed by atoms with E-state index in [4.69, 9.17) is 4.74 Å². The molecule has 2 aromatic heterocycles. The standard InChI is InChI=1S/C15H18N6O2/c1-23-13-4-5-14-11(8-13)7-12(18-14)9-16-15(22)3-2-6-21-10-17-19-20-21/h4-5,7-8,10,18H,2-3,6,9H2,1H3,(H,16,22). The predicted molar refractivity (Wildman–Crippen MR) is 83.7 cm³/mol. The van der Waals surface area contributed by atoms with Crippen molar-refractivity contribution < 1.29 is 9.53 Å². The van der Waals surface area contributed by atoms with Crippen molar-refractivity contribution in [2.75, 3.05) is 7.11 Å². The van der Waals surface area contributed by atoms with Gasteiger partial charge in [0.25, 0.3) is 0 Å². The number of hydrogen-bond acceptors (Lipinski definition) is 5. The second-order valence-corrected chi connectivity index (χ2v) is 5.20. The molecule has 1 aromatic carbocycles. The largest absolute Gasteiger partial charge is 0.497 e. The number of nitrogens with one attached hydrogen (secondary N) is 2. The molecule has 0 aliphatic heterocycles. The Hall–Kier alpha value is -2.90. The number of tetrazole rings is 1. The Kier molecular flexibility index (Phi) is 4.51. The number of aromatic nitrogens is 5. The first-order chi connectivity index (χ1) is 11.2. The van der Waals surface area contributed by atoms with Crippen LogP contribution in [-0.4, -0.2) is 38.2 Å². The van der Waals surface area contributed by atoms with Gasteiger partial charge in [0.05, 0.1) is 13.7 Å². The molecule has 0 unspecified atom stereocenters. The first-order valence-corrected chi connectivity index (χ1v) is 7.38. The van der Waals surface area contributed by atoms with Gasteiger partial charge >= 0.3 is 0 Å². The number of nitrogens with zero attached hydrogens (tertiary/aromatic N) is 4. The van der Waals surface area contributed by atoms with E-state index in [0.29, 0.717) is 25.9 Å². The summed E-state index contributed by atoms with van der Waals surface area (Å²) < 4.78 is 6.81. The lowest BCUT2D eigenvalue weighted by Gasteiger charge is -2.03. The van der Waals surface area contributed by atoms with Gasteiger partial charge in [-0.25, -0.2) is 4.68 Å². The number of methoxy groups -OCH3 is 1. The molecule has 0 bridgehead atoms. The van der Waals surface area contributed by atoms with Crippen LogP contribution in [0.4, 0.5) is 0 Å². The Balaban J connectivity index is 1.48. The lowest BCUT2D eigenvalue weighted by Crippen LogP contribution is -2.23.